The van der Waals surface area contributed by atoms with E-state index in [0.717, 1.165) is 18.5 Å². The highest BCUT2D eigenvalue weighted by atomic mass is 19.1. The fraction of sp³-hybridized carbons (Fsp3) is 0.500. The second-order valence-electron chi connectivity index (χ2n) is 3.99. The van der Waals surface area contributed by atoms with Crippen LogP contribution in [0.15, 0.2) is 24.3 Å². The van der Waals surface area contributed by atoms with Gasteiger partial charge in [-0.3, -0.25) is 0 Å². The van der Waals surface area contributed by atoms with E-state index in [4.69, 9.17) is 0 Å². The molecule has 1 aliphatic rings. The largest absolute Gasteiger partial charge is 0.312 e. The van der Waals surface area contributed by atoms with Gasteiger partial charge in [-0.25, -0.2) is 4.39 Å². The van der Waals surface area contributed by atoms with Crippen LogP contribution in [0.25, 0.3) is 0 Å². The number of hydrogen-bond acceptors (Lipinski definition) is 2. The second-order valence-corrected chi connectivity index (χ2v) is 3.99. The first-order chi connectivity index (χ1) is 7.33. The Labute approximate surface area is 89.9 Å². The Morgan fingerprint density at radius 1 is 1.47 bits per heavy atom. The highest BCUT2D eigenvalue weighted by Gasteiger charge is 2.26. The normalized spacial score (nSPS) is 22.9. The van der Waals surface area contributed by atoms with Gasteiger partial charge in [-0.15, -0.1) is 0 Å². The molecule has 1 aromatic carbocycles. The molecule has 0 saturated carbocycles. The third kappa shape index (κ3) is 2.19. The van der Waals surface area contributed by atoms with Crippen LogP contribution in [0.5, 0.6) is 0 Å². The van der Waals surface area contributed by atoms with Crippen LogP contribution in [0, 0.1) is 5.82 Å². The zero-order valence-electron chi connectivity index (χ0n) is 8.96. The van der Waals surface area contributed by atoms with Gasteiger partial charge in [0.2, 0.25) is 0 Å². The lowest BCUT2D eigenvalue weighted by Crippen LogP contribution is -2.36. The number of rotatable bonds is 3. The van der Waals surface area contributed by atoms with Crippen molar-refractivity contribution in [3.05, 3.63) is 35.6 Å². The van der Waals surface area contributed by atoms with Gasteiger partial charge in [0.05, 0.1) is 6.04 Å². The molecule has 1 fully saturated rings. The maximum absolute atomic E-state index is 13.6. The fourth-order valence-electron chi connectivity index (χ4n) is 2.30. The molecule has 2 atom stereocenters. The Bertz CT molecular complexity index is 321. The van der Waals surface area contributed by atoms with Gasteiger partial charge < -0.3 is 10.6 Å². The average Bonchev–Trinajstić information content (AvgIpc) is 2.75. The lowest BCUT2D eigenvalue weighted by atomic mass is 9.98. The highest BCUT2D eigenvalue weighted by Crippen LogP contribution is 2.24. The summed E-state index contributed by atoms with van der Waals surface area (Å²) in [6, 6.07) is 7.43. The van der Waals surface area contributed by atoms with Crippen LogP contribution in [0.4, 0.5) is 4.39 Å². The molecular weight excluding hydrogens is 191 g/mol. The van der Waals surface area contributed by atoms with Gasteiger partial charge in [-0.2, -0.15) is 0 Å². The summed E-state index contributed by atoms with van der Waals surface area (Å²) in [5.74, 6) is -0.120. The number of benzene rings is 1. The van der Waals surface area contributed by atoms with Crippen molar-refractivity contribution >= 4 is 0 Å². The molecular formula is C12H17FN2. The van der Waals surface area contributed by atoms with Gasteiger partial charge in [0.15, 0.2) is 0 Å². The van der Waals surface area contributed by atoms with Gasteiger partial charge >= 0.3 is 0 Å². The molecule has 0 aromatic heterocycles. The van der Waals surface area contributed by atoms with Gasteiger partial charge in [-0.1, -0.05) is 18.2 Å². The third-order valence-electron chi connectivity index (χ3n) is 3.05. The molecule has 0 aliphatic carbocycles. The summed E-state index contributed by atoms with van der Waals surface area (Å²) in [6.45, 7) is 1.04. The molecule has 2 nitrogen and oxygen atoms in total. The number of halogens is 1. The molecule has 0 spiro atoms. The molecule has 0 bridgehead atoms. The molecule has 1 aliphatic heterocycles. The molecule has 2 N–H and O–H groups in total. The van der Waals surface area contributed by atoms with E-state index >= 15 is 0 Å². The molecule has 1 aromatic rings. The first-order valence-corrected chi connectivity index (χ1v) is 5.48. The number of nitrogens with one attached hydrogen (secondary N) is 2. The van der Waals surface area contributed by atoms with E-state index in [9.17, 15) is 4.39 Å². The van der Waals surface area contributed by atoms with E-state index in [0.29, 0.717) is 6.04 Å². The van der Waals surface area contributed by atoms with Crippen LogP contribution in [0.3, 0.4) is 0 Å². The van der Waals surface area contributed by atoms with Crippen LogP contribution < -0.4 is 10.6 Å². The third-order valence-corrected chi connectivity index (χ3v) is 3.05. The highest BCUT2D eigenvalue weighted by molar-refractivity contribution is 5.23. The first-order valence-electron chi connectivity index (χ1n) is 5.48. The van der Waals surface area contributed by atoms with Crippen molar-refractivity contribution in [1.29, 1.82) is 0 Å². The van der Waals surface area contributed by atoms with Crippen molar-refractivity contribution in [2.75, 3.05) is 13.6 Å². The minimum atomic E-state index is -0.120. The monoisotopic (exact) mass is 208 g/mol. The van der Waals surface area contributed by atoms with Crippen molar-refractivity contribution in [3.63, 3.8) is 0 Å². The maximum atomic E-state index is 13.6. The van der Waals surface area contributed by atoms with Crippen LogP contribution in [-0.4, -0.2) is 19.6 Å². The summed E-state index contributed by atoms with van der Waals surface area (Å²) < 4.78 is 13.6. The Morgan fingerprint density at radius 2 is 2.27 bits per heavy atom. The quantitative estimate of drug-likeness (QED) is 0.792. The molecule has 2 unspecified atom stereocenters. The summed E-state index contributed by atoms with van der Waals surface area (Å²) in [6.07, 6.45) is 2.29. The Kier molecular flexibility index (Phi) is 3.34. The van der Waals surface area contributed by atoms with Crippen molar-refractivity contribution in [1.82, 2.24) is 10.6 Å². The molecule has 1 saturated heterocycles. The first kappa shape index (κ1) is 10.6. The molecule has 3 heteroatoms. The zero-order valence-corrected chi connectivity index (χ0v) is 8.96. The standard InChI is InChI=1S/C12H17FN2/c1-14-12(11-7-4-8-15-11)9-5-2-3-6-10(9)13/h2-3,5-6,11-12,14-15H,4,7-8H2,1H3. The lowest BCUT2D eigenvalue weighted by Gasteiger charge is -2.24. The predicted octanol–water partition coefficient (Wildman–Crippen LogP) is 1.84. The smallest absolute Gasteiger partial charge is 0.128 e. The van der Waals surface area contributed by atoms with E-state index in [1.165, 1.54) is 12.5 Å². The van der Waals surface area contributed by atoms with Gasteiger partial charge in [0, 0.05) is 11.6 Å². The SMILES string of the molecule is CNC(c1ccccc1F)C1CCCN1. The van der Waals surface area contributed by atoms with Crippen LogP contribution in [0.1, 0.15) is 24.4 Å². The zero-order chi connectivity index (χ0) is 10.7. The van der Waals surface area contributed by atoms with Gasteiger partial charge in [-0.05, 0) is 32.5 Å². The Hall–Kier alpha value is -0.930. The van der Waals surface area contributed by atoms with Crippen LogP contribution in [0.2, 0.25) is 0 Å². The predicted molar refractivity (Wildman–Crippen MR) is 59.2 cm³/mol. The lowest BCUT2D eigenvalue weighted by molar-refractivity contribution is 0.424. The van der Waals surface area contributed by atoms with E-state index in [1.54, 1.807) is 6.07 Å². The Morgan fingerprint density at radius 3 is 2.87 bits per heavy atom. The van der Waals surface area contributed by atoms with Crippen molar-refractivity contribution in [2.45, 2.75) is 24.9 Å². The minimum absolute atomic E-state index is 0.0775. The molecule has 15 heavy (non-hydrogen) atoms. The van der Waals surface area contributed by atoms with Crippen LogP contribution >= 0.6 is 0 Å². The molecule has 2 rings (SSSR count). The summed E-state index contributed by atoms with van der Waals surface area (Å²) in [5, 5.41) is 6.60. The van der Waals surface area contributed by atoms with E-state index < -0.39 is 0 Å². The second kappa shape index (κ2) is 4.73. The molecule has 0 radical (unpaired) electrons. The Balaban J connectivity index is 2.22. The van der Waals surface area contributed by atoms with Crippen molar-refractivity contribution in [2.24, 2.45) is 0 Å². The van der Waals surface area contributed by atoms with Crippen molar-refractivity contribution < 1.29 is 4.39 Å². The topological polar surface area (TPSA) is 24.1 Å². The van der Waals surface area contributed by atoms with E-state index in [-0.39, 0.29) is 11.9 Å². The van der Waals surface area contributed by atoms with Gasteiger partial charge in [0.25, 0.3) is 0 Å². The summed E-state index contributed by atoms with van der Waals surface area (Å²) in [4.78, 5) is 0. The van der Waals surface area contributed by atoms with Crippen molar-refractivity contribution in [3.8, 4) is 0 Å². The fourth-order valence-corrected chi connectivity index (χ4v) is 2.30. The molecule has 0 amide bonds. The molecule has 82 valence electrons. The van der Waals surface area contributed by atoms with E-state index in [1.807, 2.05) is 19.2 Å². The summed E-state index contributed by atoms with van der Waals surface area (Å²) >= 11 is 0. The summed E-state index contributed by atoms with van der Waals surface area (Å²) in [7, 11) is 1.89. The summed E-state index contributed by atoms with van der Waals surface area (Å²) in [5.41, 5.74) is 0.763. The number of hydrogen-bond donors (Lipinski definition) is 2. The number of likely N-dealkylation sites (N-methyl/N-ethyl adjacent to an activating group) is 1. The van der Waals surface area contributed by atoms with E-state index in [2.05, 4.69) is 10.6 Å². The van der Waals surface area contributed by atoms with Crippen LogP contribution in [-0.2, 0) is 0 Å². The average molecular weight is 208 g/mol. The maximum Gasteiger partial charge on any atom is 0.128 e. The van der Waals surface area contributed by atoms with Gasteiger partial charge in [0.1, 0.15) is 5.82 Å². The minimum Gasteiger partial charge on any atom is -0.312 e. The molecule has 1 heterocycles.